The molecule has 3 aromatic carbocycles. The zero-order valence-corrected chi connectivity index (χ0v) is 22.4. The number of nitrogens with one attached hydrogen (secondary N) is 1. The Morgan fingerprint density at radius 1 is 1.00 bits per heavy atom. The first kappa shape index (κ1) is 25.7. The number of pyridine rings is 1. The van der Waals surface area contributed by atoms with Crippen LogP contribution < -0.4 is 15.2 Å². The lowest BCUT2D eigenvalue weighted by molar-refractivity contribution is 0.200. The lowest BCUT2D eigenvalue weighted by atomic mass is 10.0. The van der Waals surface area contributed by atoms with Crippen LogP contribution in [-0.2, 0) is 6.54 Å². The van der Waals surface area contributed by atoms with Crippen LogP contribution in [0.1, 0.15) is 28.6 Å². The molecule has 1 N–H and O–H groups in total. The Balaban J connectivity index is 1.37. The number of hydrogen-bond acceptors (Lipinski definition) is 7. The first-order valence-electron chi connectivity index (χ1n) is 13.3. The molecular weight excluding hydrogens is 509 g/mol. The summed E-state index contributed by atoms with van der Waals surface area (Å²) in [4.78, 5) is 21.2. The minimum atomic E-state index is -0.461. The van der Waals surface area contributed by atoms with Crippen LogP contribution in [0.25, 0.3) is 10.9 Å². The second-order valence-electron chi connectivity index (χ2n) is 10.0. The van der Waals surface area contributed by atoms with E-state index in [1.165, 1.54) is 12.1 Å². The van der Waals surface area contributed by atoms with E-state index >= 15 is 0 Å². The highest BCUT2D eigenvalue weighted by Crippen LogP contribution is 2.30. The van der Waals surface area contributed by atoms with Gasteiger partial charge in [-0.05, 0) is 76.3 Å². The molecule has 0 bridgehead atoms. The number of fused-ring (bicyclic) bond motifs is 1. The van der Waals surface area contributed by atoms with Crippen LogP contribution in [0.3, 0.4) is 0 Å². The monoisotopic (exact) mass is 539 g/mol. The molecule has 0 aliphatic carbocycles. The van der Waals surface area contributed by atoms with Gasteiger partial charge in [0.15, 0.2) is 5.82 Å². The van der Waals surface area contributed by atoms with E-state index in [-0.39, 0.29) is 11.4 Å². The van der Waals surface area contributed by atoms with Crippen molar-refractivity contribution in [3.05, 3.63) is 111 Å². The van der Waals surface area contributed by atoms with Crippen molar-refractivity contribution in [1.29, 1.82) is 0 Å². The Kier molecular flexibility index (Phi) is 7.00. The van der Waals surface area contributed by atoms with Gasteiger partial charge in [-0.1, -0.05) is 30.3 Å². The first-order valence-corrected chi connectivity index (χ1v) is 13.3. The van der Waals surface area contributed by atoms with Gasteiger partial charge in [0.2, 0.25) is 0 Å². The Hall–Kier alpha value is -4.57. The van der Waals surface area contributed by atoms with Gasteiger partial charge in [0.1, 0.15) is 17.6 Å². The summed E-state index contributed by atoms with van der Waals surface area (Å²) in [7, 11) is 1.64. The Morgan fingerprint density at radius 2 is 1.75 bits per heavy atom. The summed E-state index contributed by atoms with van der Waals surface area (Å²) < 4.78 is 20.5. The number of nitrogens with zero attached hydrogens (tertiary/aromatic N) is 6. The molecule has 10 heteroatoms. The maximum absolute atomic E-state index is 13.6. The van der Waals surface area contributed by atoms with Crippen molar-refractivity contribution in [3.8, 4) is 5.75 Å². The maximum Gasteiger partial charge on any atom is 0.253 e. The van der Waals surface area contributed by atoms with E-state index in [9.17, 15) is 9.18 Å². The van der Waals surface area contributed by atoms with Gasteiger partial charge < -0.3 is 14.6 Å². The van der Waals surface area contributed by atoms with Crippen molar-refractivity contribution in [1.82, 2.24) is 30.1 Å². The summed E-state index contributed by atoms with van der Waals surface area (Å²) >= 11 is 0. The van der Waals surface area contributed by atoms with Crippen molar-refractivity contribution in [3.63, 3.8) is 0 Å². The predicted molar refractivity (Wildman–Crippen MR) is 151 cm³/mol. The number of aryl methyl sites for hydroxylation is 1. The van der Waals surface area contributed by atoms with Crippen LogP contribution in [0.4, 0.5) is 10.1 Å². The zero-order chi connectivity index (χ0) is 27.6. The van der Waals surface area contributed by atoms with E-state index in [1.807, 2.05) is 55.5 Å². The molecule has 1 saturated heterocycles. The lowest BCUT2D eigenvalue weighted by Gasteiger charge is -2.39. The third kappa shape index (κ3) is 5.05. The van der Waals surface area contributed by atoms with Crippen LogP contribution in [-0.4, -0.2) is 63.4 Å². The van der Waals surface area contributed by atoms with E-state index in [1.54, 1.807) is 23.9 Å². The quantitative estimate of drug-likeness (QED) is 0.335. The second-order valence-corrected chi connectivity index (χ2v) is 10.0. The molecule has 1 aliphatic rings. The molecule has 1 aliphatic heterocycles. The normalized spacial score (nSPS) is 14.9. The van der Waals surface area contributed by atoms with Gasteiger partial charge in [-0.15, -0.1) is 5.10 Å². The van der Waals surface area contributed by atoms with Gasteiger partial charge in [0.25, 0.3) is 5.56 Å². The fourth-order valence-electron chi connectivity index (χ4n) is 5.42. The summed E-state index contributed by atoms with van der Waals surface area (Å²) in [6.07, 6.45) is 0. The number of hydrogen-bond donors (Lipinski definition) is 1. The number of H-pyrrole nitrogens is 1. The number of benzene rings is 3. The molecule has 5 aromatic rings. The first-order chi connectivity index (χ1) is 19.5. The minimum absolute atomic E-state index is 0.160. The molecule has 2 aromatic heterocycles. The number of ether oxygens (including phenoxy) is 1. The Labute approximate surface area is 230 Å². The molecule has 0 radical (unpaired) electrons. The van der Waals surface area contributed by atoms with Gasteiger partial charge in [0.05, 0.1) is 19.2 Å². The summed E-state index contributed by atoms with van der Waals surface area (Å²) in [5, 5.41) is 13.7. The second kappa shape index (κ2) is 10.9. The highest BCUT2D eigenvalue weighted by Gasteiger charge is 2.33. The van der Waals surface area contributed by atoms with Crippen LogP contribution in [0, 0.1) is 12.7 Å². The van der Waals surface area contributed by atoms with Crippen LogP contribution in [0.5, 0.6) is 5.75 Å². The number of piperazine rings is 1. The zero-order valence-electron chi connectivity index (χ0n) is 22.4. The molecule has 204 valence electrons. The highest BCUT2D eigenvalue weighted by atomic mass is 19.1. The molecule has 1 unspecified atom stereocenters. The minimum Gasteiger partial charge on any atom is -0.497 e. The highest BCUT2D eigenvalue weighted by molar-refractivity contribution is 5.82. The molecule has 1 fully saturated rings. The van der Waals surface area contributed by atoms with E-state index in [0.717, 1.165) is 33.5 Å². The number of aromatic nitrogens is 5. The summed E-state index contributed by atoms with van der Waals surface area (Å²) in [5.41, 5.74) is 4.26. The van der Waals surface area contributed by atoms with E-state index < -0.39 is 6.04 Å². The van der Waals surface area contributed by atoms with Gasteiger partial charge in [0, 0.05) is 37.4 Å². The van der Waals surface area contributed by atoms with Crippen molar-refractivity contribution in [2.75, 3.05) is 38.2 Å². The lowest BCUT2D eigenvalue weighted by Crippen LogP contribution is -2.49. The SMILES string of the molecule is COc1ccc(Cn2nnnc2C(c2cc3cccc(C)c3[nH]c2=O)N2CCN(c3ccc(F)cc3)CC2)cc1. The molecule has 6 rings (SSSR count). The van der Waals surface area contributed by atoms with E-state index in [2.05, 4.69) is 30.3 Å². The van der Waals surface area contributed by atoms with Crippen molar-refractivity contribution < 1.29 is 9.13 Å². The fourth-order valence-corrected chi connectivity index (χ4v) is 5.42. The van der Waals surface area contributed by atoms with Gasteiger partial charge in [-0.25, -0.2) is 9.07 Å². The van der Waals surface area contributed by atoms with Crippen LogP contribution in [0.2, 0.25) is 0 Å². The molecule has 0 amide bonds. The molecular formula is C30H30FN7O2. The van der Waals surface area contributed by atoms with Gasteiger partial charge in [-0.2, -0.15) is 0 Å². The molecule has 9 nitrogen and oxygen atoms in total. The number of methoxy groups -OCH3 is 1. The summed E-state index contributed by atoms with van der Waals surface area (Å²) in [5.74, 6) is 1.12. The van der Waals surface area contributed by atoms with Gasteiger partial charge >= 0.3 is 0 Å². The fraction of sp³-hybridized carbons (Fsp3) is 0.267. The Morgan fingerprint density at radius 3 is 2.48 bits per heavy atom. The molecule has 3 heterocycles. The molecule has 0 spiro atoms. The van der Waals surface area contributed by atoms with Gasteiger partial charge in [-0.3, -0.25) is 9.69 Å². The number of halogens is 1. The third-order valence-corrected chi connectivity index (χ3v) is 7.58. The van der Waals surface area contributed by atoms with Crippen molar-refractivity contribution in [2.24, 2.45) is 0 Å². The Bertz CT molecular complexity index is 1670. The third-order valence-electron chi connectivity index (χ3n) is 7.58. The summed E-state index contributed by atoms with van der Waals surface area (Å²) in [6.45, 7) is 5.20. The van der Waals surface area contributed by atoms with Crippen LogP contribution >= 0.6 is 0 Å². The molecule has 40 heavy (non-hydrogen) atoms. The number of anilines is 1. The van der Waals surface area contributed by atoms with E-state index in [0.29, 0.717) is 44.1 Å². The van der Waals surface area contributed by atoms with Crippen molar-refractivity contribution >= 4 is 16.6 Å². The largest absolute Gasteiger partial charge is 0.497 e. The number of para-hydroxylation sites is 1. The number of aromatic amines is 1. The predicted octanol–water partition coefficient (Wildman–Crippen LogP) is 3.93. The van der Waals surface area contributed by atoms with E-state index in [4.69, 9.17) is 4.74 Å². The van der Waals surface area contributed by atoms with Crippen molar-refractivity contribution in [2.45, 2.75) is 19.5 Å². The smallest absolute Gasteiger partial charge is 0.253 e. The molecule has 0 saturated carbocycles. The standard InChI is InChI=1S/C30H30FN7O2/c1-20-4-3-5-22-18-26(30(39)32-27(20)22)28(37-16-14-36(15-17-37)24-10-8-23(31)9-11-24)29-33-34-35-38(29)19-21-6-12-25(40-2)13-7-21/h3-13,18,28H,14-17,19H2,1-2H3,(H,32,39). The summed E-state index contributed by atoms with van der Waals surface area (Å²) in [6, 6.07) is 21.8. The number of tetrazole rings is 1. The topological polar surface area (TPSA) is 92.2 Å². The maximum atomic E-state index is 13.6. The molecule has 1 atom stereocenters. The number of rotatable bonds is 7. The average molecular weight is 540 g/mol. The van der Waals surface area contributed by atoms with Crippen LogP contribution in [0.15, 0.2) is 77.6 Å². The average Bonchev–Trinajstić information content (AvgIpc) is 3.43.